The average Bonchev–Trinajstić information content (AvgIpc) is 3.11. The normalized spacial score (nSPS) is 17.0. The molecule has 0 atom stereocenters. The predicted molar refractivity (Wildman–Crippen MR) is 134 cm³/mol. The van der Waals surface area contributed by atoms with E-state index in [4.69, 9.17) is 0 Å². The number of rotatable bonds is 4. The first kappa shape index (κ1) is 26.8. The van der Waals surface area contributed by atoms with Gasteiger partial charge in [-0.3, -0.25) is 4.68 Å². The van der Waals surface area contributed by atoms with E-state index in [1.165, 1.54) is 0 Å². The quantitative estimate of drug-likeness (QED) is 0.566. The molecule has 180 valence electrons. The molecule has 4 rings (SSSR count). The molecule has 0 saturated carbocycles. The van der Waals surface area contributed by atoms with Crippen LogP contribution in [-0.4, -0.2) is 59.2 Å². The second-order valence-corrected chi connectivity index (χ2v) is 9.68. The summed E-state index contributed by atoms with van der Waals surface area (Å²) >= 11 is 0. The molecule has 0 bridgehead atoms. The van der Waals surface area contributed by atoms with Crippen molar-refractivity contribution in [2.45, 2.75) is 57.7 Å². The highest BCUT2D eigenvalue weighted by molar-refractivity contribution is 5.85. The van der Waals surface area contributed by atoms with Gasteiger partial charge in [0.15, 0.2) is 5.82 Å². The smallest absolute Gasteiger partial charge is 0.245 e. The van der Waals surface area contributed by atoms with Gasteiger partial charge in [-0.15, -0.1) is 35.0 Å². The number of hydrogen-bond donors (Lipinski definition) is 2. The fourth-order valence-electron chi connectivity index (χ4n) is 4.62. The number of phenols is 1. The van der Waals surface area contributed by atoms with Gasteiger partial charge in [-0.1, -0.05) is 6.07 Å². The van der Waals surface area contributed by atoms with Crippen molar-refractivity contribution in [3.63, 3.8) is 0 Å². The lowest BCUT2D eigenvalue weighted by molar-refractivity contribution is 0.160. The molecule has 33 heavy (non-hydrogen) atoms. The standard InChI is InChI=1S/C22H30N8O.2ClH/c1-21(2)10-15(11-22(3,4)28-21)30(6)20-23-12-17(25-26-20)16-8-7-14(9-18(16)31)19-24-13-29(5)27-19;;/h7-9,12-13,15,28,31H,10-11H2,1-6H3;2*1H. The molecule has 2 aromatic heterocycles. The van der Waals surface area contributed by atoms with E-state index in [1.807, 2.05) is 13.1 Å². The summed E-state index contributed by atoms with van der Waals surface area (Å²) in [6.45, 7) is 8.90. The zero-order valence-corrected chi connectivity index (χ0v) is 21.4. The SMILES string of the molecule is CN(c1ncc(-c2ccc(-c3ncn(C)n3)cc2O)nn1)C1CC(C)(C)NC(C)(C)C1.Cl.Cl. The summed E-state index contributed by atoms with van der Waals surface area (Å²) in [6, 6.07) is 5.57. The zero-order valence-electron chi connectivity index (χ0n) is 19.8. The van der Waals surface area contributed by atoms with Crippen molar-refractivity contribution < 1.29 is 5.11 Å². The Morgan fingerprint density at radius 3 is 2.24 bits per heavy atom. The van der Waals surface area contributed by atoms with Crippen LogP contribution in [-0.2, 0) is 7.05 Å². The lowest BCUT2D eigenvalue weighted by atomic mass is 9.79. The third kappa shape index (κ3) is 5.90. The summed E-state index contributed by atoms with van der Waals surface area (Å²) in [4.78, 5) is 10.9. The monoisotopic (exact) mass is 494 g/mol. The van der Waals surface area contributed by atoms with Gasteiger partial charge in [-0.25, -0.2) is 9.97 Å². The van der Waals surface area contributed by atoms with Crippen molar-refractivity contribution >= 4 is 30.8 Å². The summed E-state index contributed by atoms with van der Waals surface area (Å²) in [7, 11) is 3.82. The third-order valence-electron chi connectivity index (χ3n) is 5.71. The van der Waals surface area contributed by atoms with Gasteiger partial charge >= 0.3 is 0 Å². The molecular formula is C22H32Cl2N8O. The van der Waals surface area contributed by atoms with E-state index >= 15 is 0 Å². The van der Waals surface area contributed by atoms with Gasteiger partial charge in [0.1, 0.15) is 17.8 Å². The summed E-state index contributed by atoms with van der Waals surface area (Å²) < 4.78 is 1.62. The molecule has 1 aromatic carbocycles. The maximum Gasteiger partial charge on any atom is 0.245 e. The first-order chi connectivity index (χ1) is 14.5. The molecule has 0 amide bonds. The van der Waals surface area contributed by atoms with Crippen LogP contribution in [0.3, 0.4) is 0 Å². The number of piperidine rings is 1. The Balaban J connectivity index is 0.00000193. The molecule has 3 heterocycles. The van der Waals surface area contributed by atoms with Crippen LogP contribution in [0.4, 0.5) is 5.95 Å². The van der Waals surface area contributed by atoms with Gasteiger partial charge < -0.3 is 15.3 Å². The number of nitrogens with one attached hydrogen (secondary N) is 1. The van der Waals surface area contributed by atoms with Crippen molar-refractivity contribution in [2.24, 2.45) is 7.05 Å². The fourth-order valence-corrected chi connectivity index (χ4v) is 4.62. The Kier molecular flexibility index (Phi) is 7.94. The maximum absolute atomic E-state index is 10.5. The molecule has 1 aliphatic heterocycles. The number of aromatic nitrogens is 6. The van der Waals surface area contributed by atoms with Gasteiger partial charge in [0.25, 0.3) is 0 Å². The Labute approximate surface area is 206 Å². The molecule has 1 aliphatic rings. The lowest BCUT2D eigenvalue weighted by Gasteiger charge is -2.48. The van der Waals surface area contributed by atoms with E-state index < -0.39 is 0 Å². The average molecular weight is 495 g/mol. The molecule has 0 spiro atoms. The highest BCUT2D eigenvalue weighted by atomic mass is 35.5. The molecule has 1 fully saturated rings. The number of nitrogens with zero attached hydrogens (tertiary/aromatic N) is 7. The van der Waals surface area contributed by atoms with E-state index in [0.29, 0.717) is 29.1 Å². The fraction of sp³-hybridized carbons (Fsp3) is 0.500. The van der Waals surface area contributed by atoms with Crippen LogP contribution in [0.2, 0.25) is 0 Å². The Bertz CT molecular complexity index is 1070. The van der Waals surface area contributed by atoms with Crippen molar-refractivity contribution in [3.05, 3.63) is 30.7 Å². The van der Waals surface area contributed by atoms with Crippen molar-refractivity contribution in [3.8, 4) is 28.4 Å². The van der Waals surface area contributed by atoms with E-state index in [9.17, 15) is 5.11 Å². The second-order valence-electron chi connectivity index (χ2n) is 9.68. The molecule has 0 unspecified atom stereocenters. The number of anilines is 1. The van der Waals surface area contributed by atoms with E-state index in [2.05, 4.69) is 63.2 Å². The second kappa shape index (κ2) is 9.79. The van der Waals surface area contributed by atoms with Crippen molar-refractivity contribution in [1.82, 2.24) is 35.3 Å². The third-order valence-corrected chi connectivity index (χ3v) is 5.71. The number of aryl methyl sites for hydroxylation is 1. The maximum atomic E-state index is 10.5. The van der Waals surface area contributed by atoms with Gasteiger partial charge in [-0.05, 0) is 52.7 Å². The van der Waals surface area contributed by atoms with Gasteiger partial charge in [0.05, 0.1) is 6.20 Å². The molecule has 0 aliphatic carbocycles. The van der Waals surface area contributed by atoms with Crippen LogP contribution in [0.5, 0.6) is 5.75 Å². The molecule has 11 heteroatoms. The Morgan fingerprint density at radius 2 is 1.73 bits per heavy atom. The van der Waals surface area contributed by atoms with Crippen LogP contribution in [0, 0.1) is 0 Å². The van der Waals surface area contributed by atoms with Crippen LogP contribution < -0.4 is 10.2 Å². The topological polar surface area (TPSA) is 105 Å². The molecule has 2 N–H and O–H groups in total. The summed E-state index contributed by atoms with van der Waals surface area (Å²) in [5.74, 6) is 1.22. The van der Waals surface area contributed by atoms with E-state index in [0.717, 1.165) is 18.4 Å². The minimum Gasteiger partial charge on any atom is -0.507 e. The van der Waals surface area contributed by atoms with Crippen LogP contribution in [0.25, 0.3) is 22.6 Å². The van der Waals surface area contributed by atoms with Gasteiger partial charge in [0.2, 0.25) is 5.95 Å². The highest BCUT2D eigenvalue weighted by Crippen LogP contribution is 2.33. The molecule has 0 radical (unpaired) electrons. The number of benzene rings is 1. The summed E-state index contributed by atoms with van der Waals surface area (Å²) in [6.07, 6.45) is 5.25. The van der Waals surface area contributed by atoms with Gasteiger partial charge in [0, 0.05) is 42.3 Å². The minimum atomic E-state index is 0. The van der Waals surface area contributed by atoms with E-state index in [1.54, 1.807) is 36.4 Å². The largest absolute Gasteiger partial charge is 0.507 e. The molecule has 9 nitrogen and oxygen atoms in total. The highest BCUT2D eigenvalue weighted by Gasteiger charge is 2.39. The van der Waals surface area contributed by atoms with Crippen molar-refractivity contribution in [2.75, 3.05) is 11.9 Å². The first-order valence-corrected chi connectivity index (χ1v) is 10.4. The summed E-state index contributed by atoms with van der Waals surface area (Å²) in [5, 5.41) is 27.2. The lowest BCUT2D eigenvalue weighted by Crippen LogP contribution is -2.62. The minimum absolute atomic E-state index is 0. The Hall–Kier alpha value is -2.49. The first-order valence-electron chi connectivity index (χ1n) is 10.4. The number of phenolic OH excluding ortho intramolecular Hbond substituents is 1. The molecular weight excluding hydrogens is 463 g/mol. The molecule has 3 aromatic rings. The van der Waals surface area contributed by atoms with Crippen LogP contribution >= 0.6 is 24.8 Å². The van der Waals surface area contributed by atoms with Crippen LogP contribution in [0.1, 0.15) is 40.5 Å². The number of hydrogen-bond acceptors (Lipinski definition) is 8. The van der Waals surface area contributed by atoms with Crippen molar-refractivity contribution in [1.29, 1.82) is 0 Å². The van der Waals surface area contributed by atoms with E-state index in [-0.39, 0.29) is 41.6 Å². The summed E-state index contributed by atoms with van der Waals surface area (Å²) in [5.41, 5.74) is 1.88. The zero-order chi connectivity index (χ0) is 22.4. The number of aromatic hydroxyl groups is 1. The molecule has 1 saturated heterocycles. The Morgan fingerprint density at radius 1 is 1.06 bits per heavy atom. The number of halogens is 2. The van der Waals surface area contributed by atoms with Gasteiger partial charge in [-0.2, -0.15) is 5.10 Å². The van der Waals surface area contributed by atoms with Crippen LogP contribution in [0.15, 0.2) is 30.7 Å². The predicted octanol–water partition coefficient (Wildman–Crippen LogP) is 3.63.